The molecule has 5 rings (SSSR count). The number of nitrogens with one attached hydrogen (secondary N) is 1. The Kier molecular flexibility index (Phi) is 4.86. The molecular weight excluding hydrogens is 379 g/mol. The number of rotatable bonds is 4. The molecule has 30 heavy (non-hydrogen) atoms. The van der Waals surface area contributed by atoms with Crippen molar-refractivity contribution in [1.82, 2.24) is 15.2 Å². The molecule has 2 aliphatic rings. The van der Waals surface area contributed by atoms with Crippen molar-refractivity contribution < 1.29 is 8.81 Å². The standard InChI is InChI=1S/C24H23FN4O/c25-21-9-17(5-6-18(21)10-26)20-4-1-3-19(23(20)22-11-28-16-30-22)12-29-14-24(15-29)7-2-8-27-13-24/h1,3-6,9,11,16,27H,2,7-8,12-15H2. The van der Waals surface area contributed by atoms with Crippen LogP contribution >= 0.6 is 0 Å². The number of likely N-dealkylation sites (tertiary alicyclic amines) is 1. The molecule has 2 aromatic carbocycles. The van der Waals surface area contributed by atoms with E-state index in [2.05, 4.69) is 21.3 Å². The van der Waals surface area contributed by atoms with Crippen molar-refractivity contribution in [2.24, 2.45) is 5.41 Å². The highest BCUT2D eigenvalue weighted by atomic mass is 19.1. The van der Waals surface area contributed by atoms with E-state index >= 15 is 0 Å². The number of halogens is 1. The van der Waals surface area contributed by atoms with E-state index in [0.29, 0.717) is 11.2 Å². The van der Waals surface area contributed by atoms with Crippen LogP contribution in [0, 0.1) is 22.6 Å². The molecule has 1 aromatic heterocycles. The molecule has 1 N–H and O–H groups in total. The molecule has 0 atom stereocenters. The minimum Gasteiger partial charge on any atom is -0.443 e. The first-order chi connectivity index (χ1) is 14.7. The van der Waals surface area contributed by atoms with Gasteiger partial charge in [-0.2, -0.15) is 5.26 Å². The van der Waals surface area contributed by atoms with Crippen LogP contribution in [0.2, 0.25) is 0 Å². The Hall–Kier alpha value is -3.01. The lowest BCUT2D eigenvalue weighted by Gasteiger charge is -2.52. The van der Waals surface area contributed by atoms with Gasteiger partial charge >= 0.3 is 0 Å². The van der Waals surface area contributed by atoms with E-state index in [-0.39, 0.29) is 5.56 Å². The van der Waals surface area contributed by atoms with Crippen LogP contribution in [-0.4, -0.2) is 36.1 Å². The lowest BCUT2D eigenvalue weighted by Crippen LogP contribution is -2.61. The van der Waals surface area contributed by atoms with E-state index in [4.69, 9.17) is 9.68 Å². The summed E-state index contributed by atoms with van der Waals surface area (Å²) < 4.78 is 20.0. The van der Waals surface area contributed by atoms with Crippen molar-refractivity contribution in [3.63, 3.8) is 0 Å². The first kappa shape index (κ1) is 19.0. The fourth-order valence-corrected chi connectivity index (χ4v) is 4.93. The van der Waals surface area contributed by atoms with Gasteiger partial charge in [-0.15, -0.1) is 0 Å². The molecule has 0 unspecified atom stereocenters. The molecule has 0 amide bonds. The highest BCUT2D eigenvalue weighted by Crippen LogP contribution is 2.40. The van der Waals surface area contributed by atoms with Gasteiger partial charge in [-0.1, -0.05) is 24.3 Å². The van der Waals surface area contributed by atoms with Gasteiger partial charge in [0.2, 0.25) is 0 Å². The smallest absolute Gasteiger partial charge is 0.181 e. The number of oxazole rings is 1. The molecule has 1 spiro atoms. The van der Waals surface area contributed by atoms with Crippen molar-refractivity contribution in [1.29, 1.82) is 5.26 Å². The average molecular weight is 402 g/mol. The first-order valence-electron chi connectivity index (χ1n) is 10.3. The highest BCUT2D eigenvalue weighted by molar-refractivity contribution is 5.83. The molecule has 0 bridgehead atoms. The van der Waals surface area contributed by atoms with E-state index in [1.165, 1.54) is 31.4 Å². The molecule has 0 saturated carbocycles. The Bertz CT molecular complexity index is 1090. The maximum absolute atomic E-state index is 14.3. The van der Waals surface area contributed by atoms with Crippen molar-refractivity contribution in [2.45, 2.75) is 19.4 Å². The zero-order valence-electron chi connectivity index (χ0n) is 16.7. The second-order valence-corrected chi connectivity index (χ2v) is 8.44. The minimum atomic E-state index is -0.515. The van der Waals surface area contributed by atoms with Crippen molar-refractivity contribution in [3.8, 4) is 28.5 Å². The monoisotopic (exact) mass is 402 g/mol. The summed E-state index contributed by atoms with van der Waals surface area (Å²) in [5.74, 6) is 0.151. The van der Waals surface area contributed by atoms with Crippen LogP contribution in [0.5, 0.6) is 0 Å². The first-order valence-corrected chi connectivity index (χ1v) is 10.3. The molecule has 152 valence electrons. The Morgan fingerprint density at radius 1 is 1.27 bits per heavy atom. The van der Waals surface area contributed by atoms with Crippen LogP contribution in [0.1, 0.15) is 24.0 Å². The van der Waals surface area contributed by atoms with E-state index < -0.39 is 5.82 Å². The van der Waals surface area contributed by atoms with Gasteiger partial charge in [0.25, 0.3) is 0 Å². The van der Waals surface area contributed by atoms with Gasteiger partial charge in [-0.25, -0.2) is 9.37 Å². The van der Waals surface area contributed by atoms with Crippen molar-refractivity contribution in [2.75, 3.05) is 26.2 Å². The number of aromatic nitrogens is 1. The molecule has 5 nitrogen and oxygen atoms in total. The van der Waals surface area contributed by atoms with Gasteiger partial charge in [0, 0.05) is 37.2 Å². The second kappa shape index (κ2) is 7.67. The van der Waals surface area contributed by atoms with Crippen LogP contribution < -0.4 is 5.32 Å². The van der Waals surface area contributed by atoms with Crippen molar-refractivity contribution >= 4 is 0 Å². The summed E-state index contributed by atoms with van der Waals surface area (Å²) in [7, 11) is 0. The van der Waals surface area contributed by atoms with Crippen LogP contribution in [0.25, 0.3) is 22.5 Å². The number of benzene rings is 2. The quantitative estimate of drug-likeness (QED) is 0.708. The highest BCUT2D eigenvalue weighted by Gasteiger charge is 2.43. The zero-order chi connectivity index (χ0) is 20.6. The molecule has 2 aliphatic heterocycles. The molecule has 3 heterocycles. The second-order valence-electron chi connectivity index (χ2n) is 8.44. The molecule has 2 fully saturated rings. The van der Waals surface area contributed by atoms with Gasteiger partial charge in [0.05, 0.1) is 11.8 Å². The number of nitriles is 1. The molecule has 0 aliphatic carbocycles. The number of hydrogen-bond donors (Lipinski definition) is 1. The third-order valence-electron chi connectivity index (χ3n) is 6.30. The summed E-state index contributed by atoms with van der Waals surface area (Å²) in [5, 5.41) is 12.6. The summed E-state index contributed by atoms with van der Waals surface area (Å²) in [6.45, 7) is 5.21. The van der Waals surface area contributed by atoms with E-state index in [1.807, 2.05) is 18.2 Å². The molecule has 3 aromatic rings. The van der Waals surface area contributed by atoms with Crippen LogP contribution in [0.4, 0.5) is 4.39 Å². The molecular formula is C24H23FN4O. The van der Waals surface area contributed by atoms with Crippen LogP contribution in [0.15, 0.2) is 53.4 Å². The van der Waals surface area contributed by atoms with Crippen molar-refractivity contribution in [3.05, 3.63) is 65.9 Å². The summed E-state index contributed by atoms with van der Waals surface area (Å²) in [6, 6.07) is 12.7. The zero-order valence-corrected chi connectivity index (χ0v) is 16.7. The Balaban J connectivity index is 1.49. The fourth-order valence-electron chi connectivity index (χ4n) is 4.93. The van der Waals surface area contributed by atoms with Gasteiger partial charge in [0.15, 0.2) is 12.2 Å². The summed E-state index contributed by atoms with van der Waals surface area (Å²) >= 11 is 0. The topological polar surface area (TPSA) is 65.1 Å². The van der Waals surface area contributed by atoms with E-state index in [0.717, 1.165) is 55.0 Å². The third kappa shape index (κ3) is 3.41. The van der Waals surface area contributed by atoms with Crippen LogP contribution in [0.3, 0.4) is 0 Å². The molecule has 6 heteroatoms. The lowest BCUT2D eigenvalue weighted by molar-refractivity contribution is -0.0228. The molecule has 0 radical (unpaired) electrons. The SMILES string of the molecule is N#Cc1ccc(-c2cccc(CN3CC4(CCCNC4)C3)c2-c2cnco2)cc1F. The number of hydrogen-bond acceptors (Lipinski definition) is 5. The lowest BCUT2D eigenvalue weighted by atomic mass is 9.74. The minimum absolute atomic E-state index is 0.0445. The van der Waals surface area contributed by atoms with Gasteiger partial charge in [-0.05, 0) is 48.2 Å². The van der Waals surface area contributed by atoms with E-state index in [1.54, 1.807) is 12.3 Å². The van der Waals surface area contributed by atoms with Gasteiger partial charge in [-0.3, -0.25) is 4.90 Å². The third-order valence-corrected chi connectivity index (χ3v) is 6.30. The fraction of sp³-hybridized carbons (Fsp3) is 0.333. The normalized spacial score (nSPS) is 18.1. The summed E-state index contributed by atoms with van der Waals surface area (Å²) in [4.78, 5) is 6.56. The Morgan fingerprint density at radius 2 is 2.17 bits per heavy atom. The maximum Gasteiger partial charge on any atom is 0.181 e. The number of piperidine rings is 1. The Morgan fingerprint density at radius 3 is 2.87 bits per heavy atom. The van der Waals surface area contributed by atoms with Gasteiger partial charge in [0.1, 0.15) is 11.9 Å². The Labute approximate surface area is 175 Å². The number of nitrogens with zero attached hydrogens (tertiary/aromatic N) is 3. The summed E-state index contributed by atoms with van der Waals surface area (Å²) in [6.07, 6.45) is 5.65. The predicted molar refractivity (Wildman–Crippen MR) is 112 cm³/mol. The maximum atomic E-state index is 14.3. The van der Waals surface area contributed by atoms with Crippen LogP contribution in [-0.2, 0) is 6.54 Å². The average Bonchev–Trinajstić information content (AvgIpc) is 3.27. The largest absolute Gasteiger partial charge is 0.443 e. The summed E-state index contributed by atoms with van der Waals surface area (Å²) in [5.41, 5.74) is 4.12. The molecule has 2 saturated heterocycles. The predicted octanol–water partition coefficient (Wildman–Crippen LogP) is 4.20. The van der Waals surface area contributed by atoms with E-state index in [9.17, 15) is 4.39 Å². The van der Waals surface area contributed by atoms with Gasteiger partial charge < -0.3 is 9.73 Å².